The van der Waals surface area contributed by atoms with Crippen molar-refractivity contribution in [3.05, 3.63) is 0 Å². The number of amides is 2. The summed E-state index contributed by atoms with van der Waals surface area (Å²) >= 11 is 0. The van der Waals surface area contributed by atoms with E-state index in [0.29, 0.717) is 13.1 Å². The van der Waals surface area contributed by atoms with Gasteiger partial charge in [0.25, 0.3) is 0 Å². The van der Waals surface area contributed by atoms with Gasteiger partial charge in [-0.3, -0.25) is 9.59 Å². The van der Waals surface area contributed by atoms with Crippen LogP contribution in [0.1, 0.15) is 39.5 Å². The van der Waals surface area contributed by atoms with Crippen LogP contribution >= 0.6 is 0 Å². The Bertz CT molecular complexity index is 243. The van der Waals surface area contributed by atoms with Gasteiger partial charge in [0.15, 0.2) is 0 Å². The van der Waals surface area contributed by atoms with E-state index in [-0.39, 0.29) is 18.2 Å². The lowest BCUT2D eigenvalue weighted by atomic mass is 10.1. The molecule has 1 aliphatic rings. The van der Waals surface area contributed by atoms with E-state index < -0.39 is 0 Å². The molecule has 92 valence electrons. The second kappa shape index (κ2) is 6.51. The fourth-order valence-corrected chi connectivity index (χ4v) is 2.07. The van der Waals surface area contributed by atoms with Crippen LogP contribution in [0.2, 0.25) is 0 Å². The summed E-state index contributed by atoms with van der Waals surface area (Å²) in [5.74, 6) is -0.0443. The Balaban J connectivity index is 2.40. The highest BCUT2D eigenvalue weighted by molar-refractivity contribution is 5.96. The topological polar surface area (TPSA) is 40.6 Å². The van der Waals surface area contributed by atoms with Crippen molar-refractivity contribution in [2.75, 3.05) is 26.2 Å². The minimum Gasteiger partial charge on any atom is -0.343 e. The molecule has 4 nitrogen and oxygen atoms in total. The van der Waals surface area contributed by atoms with Gasteiger partial charge in [-0.25, -0.2) is 0 Å². The summed E-state index contributed by atoms with van der Waals surface area (Å²) in [5.41, 5.74) is 0. The third kappa shape index (κ3) is 3.51. The summed E-state index contributed by atoms with van der Waals surface area (Å²) in [4.78, 5) is 27.1. The van der Waals surface area contributed by atoms with Gasteiger partial charge < -0.3 is 9.80 Å². The maximum atomic E-state index is 11.8. The molecule has 0 radical (unpaired) electrons. The SMILES string of the molecule is CCN(CC)C(=O)CC(=O)N1CCCCC1. The third-order valence-electron chi connectivity index (χ3n) is 3.13. The van der Waals surface area contributed by atoms with Crippen LogP contribution in [0.25, 0.3) is 0 Å². The fraction of sp³-hybridized carbons (Fsp3) is 0.833. The quantitative estimate of drug-likeness (QED) is 0.677. The maximum absolute atomic E-state index is 11.8. The van der Waals surface area contributed by atoms with E-state index in [9.17, 15) is 9.59 Å². The van der Waals surface area contributed by atoms with Gasteiger partial charge in [0.05, 0.1) is 0 Å². The molecule has 2 amide bonds. The van der Waals surface area contributed by atoms with E-state index in [2.05, 4.69) is 0 Å². The van der Waals surface area contributed by atoms with Gasteiger partial charge >= 0.3 is 0 Å². The molecule has 1 fully saturated rings. The van der Waals surface area contributed by atoms with Crippen LogP contribution in [0.5, 0.6) is 0 Å². The molecule has 0 spiro atoms. The maximum Gasteiger partial charge on any atom is 0.232 e. The average Bonchev–Trinajstić information content (AvgIpc) is 2.31. The highest BCUT2D eigenvalue weighted by Crippen LogP contribution is 2.10. The predicted octanol–water partition coefficient (Wildman–Crippen LogP) is 1.26. The molecule has 0 aromatic heterocycles. The Hall–Kier alpha value is -1.06. The van der Waals surface area contributed by atoms with Crippen LogP contribution in [0.3, 0.4) is 0 Å². The van der Waals surface area contributed by atoms with Crippen LogP contribution in [0, 0.1) is 0 Å². The number of carbonyl (C=O) groups is 2. The van der Waals surface area contributed by atoms with Crippen LogP contribution < -0.4 is 0 Å². The molecule has 1 aliphatic heterocycles. The summed E-state index contributed by atoms with van der Waals surface area (Å²) in [6.45, 7) is 6.89. The Morgan fingerprint density at radius 2 is 1.62 bits per heavy atom. The van der Waals surface area contributed by atoms with Crippen molar-refractivity contribution in [1.29, 1.82) is 0 Å². The lowest BCUT2D eigenvalue weighted by molar-refractivity contribution is -0.140. The predicted molar refractivity (Wildman–Crippen MR) is 63.0 cm³/mol. The normalized spacial score (nSPS) is 16.0. The zero-order chi connectivity index (χ0) is 12.0. The van der Waals surface area contributed by atoms with E-state index in [1.54, 1.807) is 4.90 Å². The lowest BCUT2D eigenvalue weighted by Crippen LogP contribution is -2.40. The summed E-state index contributed by atoms with van der Waals surface area (Å²) in [5, 5.41) is 0. The van der Waals surface area contributed by atoms with Crippen LogP contribution in [-0.4, -0.2) is 47.8 Å². The molecule has 0 aliphatic carbocycles. The summed E-state index contributed by atoms with van der Waals surface area (Å²) in [7, 11) is 0. The molecule has 0 unspecified atom stereocenters. The number of likely N-dealkylation sites (tertiary alicyclic amines) is 1. The van der Waals surface area contributed by atoms with Crippen molar-refractivity contribution in [3.8, 4) is 0 Å². The Labute approximate surface area is 97.6 Å². The largest absolute Gasteiger partial charge is 0.343 e. The zero-order valence-corrected chi connectivity index (χ0v) is 10.4. The van der Waals surface area contributed by atoms with Crippen molar-refractivity contribution in [2.45, 2.75) is 39.5 Å². The molecule has 1 heterocycles. The van der Waals surface area contributed by atoms with Crippen LogP contribution in [0.4, 0.5) is 0 Å². The first-order chi connectivity index (χ1) is 7.69. The molecule has 1 rings (SSSR count). The average molecular weight is 226 g/mol. The van der Waals surface area contributed by atoms with Gasteiger partial charge in [0.1, 0.15) is 6.42 Å². The van der Waals surface area contributed by atoms with E-state index in [4.69, 9.17) is 0 Å². The number of hydrogen-bond donors (Lipinski definition) is 0. The molecule has 0 atom stereocenters. The summed E-state index contributed by atoms with van der Waals surface area (Å²) in [6.07, 6.45) is 3.39. The Morgan fingerprint density at radius 3 is 2.12 bits per heavy atom. The van der Waals surface area contributed by atoms with E-state index >= 15 is 0 Å². The second-order valence-electron chi connectivity index (χ2n) is 4.18. The smallest absolute Gasteiger partial charge is 0.232 e. The zero-order valence-electron chi connectivity index (χ0n) is 10.4. The van der Waals surface area contributed by atoms with Gasteiger partial charge in [-0.2, -0.15) is 0 Å². The lowest BCUT2D eigenvalue weighted by Gasteiger charge is -2.27. The molecule has 0 aromatic carbocycles. The van der Waals surface area contributed by atoms with Crippen molar-refractivity contribution in [2.24, 2.45) is 0 Å². The van der Waals surface area contributed by atoms with E-state index in [1.807, 2.05) is 18.7 Å². The van der Waals surface area contributed by atoms with Crippen LogP contribution in [-0.2, 0) is 9.59 Å². The first-order valence-corrected chi connectivity index (χ1v) is 6.24. The molecule has 0 bridgehead atoms. The fourth-order valence-electron chi connectivity index (χ4n) is 2.07. The molecule has 4 heteroatoms. The van der Waals surface area contributed by atoms with Gasteiger partial charge in [0.2, 0.25) is 11.8 Å². The molecule has 16 heavy (non-hydrogen) atoms. The van der Waals surface area contributed by atoms with Crippen molar-refractivity contribution < 1.29 is 9.59 Å². The number of rotatable bonds is 4. The van der Waals surface area contributed by atoms with Crippen molar-refractivity contribution in [3.63, 3.8) is 0 Å². The minimum absolute atomic E-state index is 0.00315. The molecular weight excluding hydrogens is 204 g/mol. The summed E-state index contributed by atoms with van der Waals surface area (Å²) < 4.78 is 0. The highest BCUT2D eigenvalue weighted by Gasteiger charge is 2.21. The molecule has 0 N–H and O–H groups in total. The van der Waals surface area contributed by atoms with Crippen molar-refractivity contribution in [1.82, 2.24) is 9.80 Å². The third-order valence-corrected chi connectivity index (χ3v) is 3.13. The molecule has 0 aromatic rings. The molecule has 1 saturated heterocycles. The van der Waals surface area contributed by atoms with Gasteiger partial charge in [-0.1, -0.05) is 0 Å². The number of nitrogens with zero attached hydrogens (tertiary/aromatic N) is 2. The van der Waals surface area contributed by atoms with Gasteiger partial charge in [0, 0.05) is 26.2 Å². The highest BCUT2D eigenvalue weighted by atomic mass is 16.2. The van der Waals surface area contributed by atoms with E-state index in [1.165, 1.54) is 6.42 Å². The first-order valence-electron chi connectivity index (χ1n) is 6.24. The first kappa shape index (κ1) is 13.0. The monoisotopic (exact) mass is 226 g/mol. The Morgan fingerprint density at radius 1 is 1.06 bits per heavy atom. The second-order valence-corrected chi connectivity index (χ2v) is 4.18. The minimum atomic E-state index is -0.0411. The summed E-state index contributed by atoms with van der Waals surface area (Å²) in [6, 6.07) is 0. The van der Waals surface area contributed by atoms with Gasteiger partial charge in [-0.15, -0.1) is 0 Å². The molecule has 0 saturated carbocycles. The standard InChI is InChI=1S/C12H22N2O2/c1-3-13(4-2)11(15)10-12(16)14-8-6-5-7-9-14/h3-10H2,1-2H3. The van der Waals surface area contributed by atoms with Crippen LogP contribution in [0.15, 0.2) is 0 Å². The Kier molecular flexibility index (Phi) is 5.29. The molecular formula is C12H22N2O2. The van der Waals surface area contributed by atoms with Crippen molar-refractivity contribution >= 4 is 11.8 Å². The van der Waals surface area contributed by atoms with E-state index in [0.717, 1.165) is 25.9 Å². The number of piperidine rings is 1. The number of hydrogen-bond acceptors (Lipinski definition) is 2. The van der Waals surface area contributed by atoms with Gasteiger partial charge in [-0.05, 0) is 33.1 Å². The number of carbonyl (C=O) groups excluding carboxylic acids is 2.